The van der Waals surface area contributed by atoms with E-state index in [4.69, 9.17) is 19.6 Å². The molecule has 0 unspecified atom stereocenters. The van der Waals surface area contributed by atoms with E-state index in [1.54, 1.807) is 0 Å². The lowest BCUT2D eigenvalue weighted by molar-refractivity contribution is 0.354. The van der Waals surface area contributed by atoms with E-state index in [-0.39, 0.29) is 0 Å². The highest BCUT2D eigenvalue weighted by atomic mass is 32.2. The maximum Gasteiger partial charge on any atom is 0.351 e. The summed E-state index contributed by atoms with van der Waals surface area (Å²) in [5, 5.41) is 0. The molecule has 74 valence electrons. The fourth-order valence-corrected chi connectivity index (χ4v) is 3.32. The third-order valence-electron chi connectivity index (χ3n) is 0.885. The summed E-state index contributed by atoms with van der Waals surface area (Å²) in [4.78, 5) is 33.8. The van der Waals surface area contributed by atoms with Crippen LogP contribution < -0.4 is 0 Å². The van der Waals surface area contributed by atoms with Crippen LogP contribution in [0.25, 0.3) is 0 Å². The standard InChI is InChI=1S/C2H8O6P2S2/c3-9(4,5)1-2(11,12)10(6,7)8/h11-12H,1H2,(H2,3,4,5)(H2,6,7,8). The summed E-state index contributed by atoms with van der Waals surface area (Å²) in [6, 6.07) is 0. The highest BCUT2D eigenvalue weighted by Crippen LogP contribution is 2.60. The molecule has 0 saturated heterocycles. The molecule has 0 aromatic carbocycles. The first-order valence-electron chi connectivity index (χ1n) is 2.51. The molecule has 0 aromatic rings. The van der Waals surface area contributed by atoms with Gasteiger partial charge in [-0.15, -0.1) is 25.3 Å². The van der Waals surface area contributed by atoms with E-state index in [0.717, 1.165) is 0 Å². The van der Waals surface area contributed by atoms with Gasteiger partial charge in [0.15, 0.2) is 3.82 Å². The van der Waals surface area contributed by atoms with Crippen molar-refractivity contribution in [2.24, 2.45) is 0 Å². The number of rotatable bonds is 3. The zero-order valence-corrected chi connectivity index (χ0v) is 9.18. The number of thiol groups is 2. The molecule has 4 N–H and O–H groups in total. The average Bonchev–Trinajstić information content (AvgIpc) is 1.52. The van der Waals surface area contributed by atoms with Crippen LogP contribution in [0.5, 0.6) is 0 Å². The third-order valence-corrected chi connectivity index (χ3v) is 5.49. The second-order valence-electron chi connectivity index (χ2n) is 2.14. The van der Waals surface area contributed by atoms with Crippen LogP contribution in [-0.2, 0) is 9.13 Å². The molecule has 0 amide bonds. The lowest BCUT2D eigenvalue weighted by Crippen LogP contribution is -2.19. The van der Waals surface area contributed by atoms with Gasteiger partial charge in [-0.1, -0.05) is 0 Å². The second-order valence-corrected chi connectivity index (χ2v) is 8.22. The van der Waals surface area contributed by atoms with Crippen LogP contribution in [0.3, 0.4) is 0 Å². The van der Waals surface area contributed by atoms with Gasteiger partial charge in [0.2, 0.25) is 0 Å². The molecule has 0 aromatic heterocycles. The van der Waals surface area contributed by atoms with E-state index in [1.807, 2.05) is 0 Å². The quantitative estimate of drug-likeness (QED) is 0.237. The maximum absolute atomic E-state index is 10.5. The van der Waals surface area contributed by atoms with Crippen molar-refractivity contribution in [3.63, 3.8) is 0 Å². The lowest BCUT2D eigenvalue weighted by atomic mass is 10.9. The summed E-state index contributed by atoms with van der Waals surface area (Å²) in [5.41, 5.74) is 0. The predicted molar refractivity (Wildman–Crippen MR) is 49.7 cm³/mol. The zero-order valence-electron chi connectivity index (χ0n) is 5.60. The van der Waals surface area contributed by atoms with Crippen molar-refractivity contribution >= 4 is 40.4 Å². The van der Waals surface area contributed by atoms with Gasteiger partial charge in [0.25, 0.3) is 0 Å². The van der Waals surface area contributed by atoms with E-state index in [9.17, 15) is 9.13 Å². The second kappa shape index (κ2) is 3.63. The van der Waals surface area contributed by atoms with Gasteiger partial charge in [0, 0.05) is 0 Å². The smallest absolute Gasteiger partial charge is 0.324 e. The molecule has 0 saturated carbocycles. The van der Waals surface area contributed by atoms with Gasteiger partial charge in [-0.2, -0.15) is 0 Å². The summed E-state index contributed by atoms with van der Waals surface area (Å²) in [7, 11) is -9.26. The van der Waals surface area contributed by atoms with Gasteiger partial charge in [-0.25, -0.2) is 0 Å². The predicted octanol–water partition coefficient (Wildman–Crippen LogP) is -0.145. The Morgan fingerprint density at radius 3 is 1.50 bits per heavy atom. The first-order chi connectivity index (χ1) is 4.96. The molecule has 0 aliphatic heterocycles. The molecular formula is C2H8O6P2S2. The van der Waals surface area contributed by atoms with Crippen LogP contribution >= 0.6 is 40.4 Å². The molecule has 0 bridgehead atoms. The van der Waals surface area contributed by atoms with Crippen LogP contribution in [0.4, 0.5) is 0 Å². The summed E-state index contributed by atoms with van der Waals surface area (Å²) in [6.07, 6.45) is -1.09. The van der Waals surface area contributed by atoms with Gasteiger partial charge >= 0.3 is 15.2 Å². The molecule has 12 heavy (non-hydrogen) atoms. The van der Waals surface area contributed by atoms with Crippen molar-refractivity contribution in [2.45, 2.75) is 3.82 Å². The van der Waals surface area contributed by atoms with E-state index in [1.165, 1.54) is 0 Å². The zero-order chi connectivity index (χ0) is 10.2. The van der Waals surface area contributed by atoms with Crippen molar-refractivity contribution < 1.29 is 28.7 Å². The van der Waals surface area contributed by atoms with Gasteiger partial charge < -0.3 is 19.6 Å². The first kappa shape index (κ1) is 13.0. The minimum atomic E-state index is -4.73. The highest BCUT2D eigenvalue weighted by molar-refractivity contribution is 8.10. The first-order valence-corrected chi connectivity index (χ1v) is 6.81. The maximum atomic E-state index is 10.5. The van der Waals surface area contributed by atoms with Crippen molar-refractivity contribution in [2.75, 3.05) is 6.16 Å². The Kier molecular flexibility index (Phi) is 3.93. The van der Waals surface area contributed by atoms with Gasteiger partial charge in [-0.05, 0) is 0 Å². The summed E-state index contributed by atoms with van der Waals surface area (Å²) in [5.74, 6) is 0. The van der Waals surface area contributed by atoms with E-state index in [2.05, 4.69) is 25.3 Å². The Bertz CT molecular complexity index is 250. The Labute approximate surface area is 79.5 Å². The lowest BCUT2D eigenvalue weighted by Gasteiger charge is -2.23. The minimum absolute atomic E-state index is 1.09. The van der Waals surface area contributed by atoms with Gasteiger partial charge in [0.05, 0.1) is 6.16 Å². The third kappa shape index (κ3) is 4.30. The average molecular weight is 254 g/mol. The molecular weight excluding hydrogens is 246 g/mol. The molecule has 0 fully saturated rings. The van der Waals surface area contributed by atoms with E-state index < -0.39 is 25.2 Å². The normalized spacial score (nSPS) is 14.8. The molecule has 0 aliphatic rings. The van der Waals surface area contributed by atoms with Crippen LogP contribution in [-0.4, -0.2) is 29.6 Å². The summed E-state index contributed by atoms with van der Waals surface area (Å²) in [6.45, 7) is 0. The molecule has 10 heteroatoms. The topological polar surface area (TPSA) is 115 Å². The fourth-order valence-electron chi connectivity index (χ4n) is 0.368. The van der Waals surface area contributed by atoms with Crippen LogP contribution in [0.15, 0.2) is 0 Å². The number of hydrogen-bond donors (Lipinski definition) is 6. The van der Waals surface area contributed by atoms with Crippen LogP contribution in [0, 0.1) is 0 Å². The molecule has 0 spiro atoms. The van der Waals surface area contributed by atoms with Crippen molar-refractivity contribution in [1.29, 1.82) is 0 Å². The summed E-state index contributed by atoms with van der Waals surface area (Å²) < 4.78 is 18.6. The molecule has 0 heterocycles. The Morgan fingerprint density at radius 1 is 1.08 bits per heavy atom. The monoisotopic (exact) mass is 254 g/mol. The minimum Gasteiger partial charge on any atom is -0.324 e. The van der Waals surface area contributed by atoms with Crippen molar-refractivity contribution in [3.05, 3.63) is 0 Å². The highest BCUT2D eigenvalue weighted by Gasteiger charge is 2.45. The molecule has 0 radical (unpaired) electrons. The summed E-state index contributed by atoms with van der Waals surface area (Å²) >= 11 is 6.74. The molecule has 6 nitrogen and oxygen atoms in total. The Hall–Kier alpha value is 1.000. The molecule has 0 atom stereocenters. The van der Waals surface area contributed by atoms with Crippen molar-refractivity contribution in [3.8, 4) is 0 Å². The van der Waals surface area contributed by atoms with Gasteiger partial charge in [0.1, 0.15) is 0 Å². The van der Waals surface area contributed by atoms with Crippen LogP contribution in [0.2, 0.25) is 0 Å². The number of hydrogen-bond acceptors (Lipinski definition) is 4. The fraction of sp³-hybridized carbons (Fsp3) is 1.00. The van der Waals surface area contributed by atoms with E-state index in [0.29, 0.717) is 0 Å². The van der Waals surface area contributed by atoms with E-state index >= 15 is 0 Å². The molecule has 0 rings (SSSR count). The Balaban J connectivity index is 4.68. The molecule has 0 aliphatic carbocycles. The van der Waals surface area contributed by atoms with Crippen LogP contribution in [0.1, 0.15) is 0 Å². The largest absolute Gasteiger partial charge is 0.351 e. The van der Waals surface area contributed by atoms with Gasteiger partial charge in [-0.3, -0.25) is 9.13 Å². The SMILES string of the molecule is O=P(O)(O)CC(S)(S)P(=O)(O)O. The Morgan fingerprint density at radius 2 is 1.42 bits per heavy atom. The van der Waals surface area contributed by atoms with Crippen molar-refractivity contribution in [1.82, 2.24) is 0 Å².